The second kappa shape index (κ2) is 8.01. The van der Waals surface area contributed by atoms with Gasteiger partial charge in [-0.3, -0.25) is 4.98 Å². The SMILES string of the molecule is CSNc1ccc(-c2csc(-c3ccnc(C(C)(C)CO)c3)c2)c(Cl)c1. The second-order valence-corrected chi connectivity index (χ2v) is 8.60. The van der Waals surface area contributed by atoms with Crippen LogP contribution in [0.5, 0.6) is 0 Å². The largest absolute Gasteiger partial charge is 0.395 e. The molecule has 136 valence electrons. The van der Waals surface area contributed by atoms with Crippen molar-refractivity contribution in [1.82, 2.24) is 4.98 Å². The number of nitrogens with zero attached hydrogens (tertiary/aromatic N) is 1. The van der Waals surface area contributed by atoms with Crippen molar-refractivity contribution in [2.24, 2.45) is 0 Å². The van der Waals surface area contributed by atoms with Crippen molar-refractivity contribution in [2.45, 2.75) is 19.3 Å². The molecule has 0 atom stereocenters. The highest BCUT2D eigenvalue weighted by atomic mass is 35.5. The highest BCUT2D eigenvalue weighted by Crippen LogP contribution is 2.37. The molecule has 0 spiro atoms. The zero-order valence-electron chi connectivity index (χ0n) is 14.9. The van der Waals surface area contributed by atoms with Crippen molar-refractivity contribution >= 4 is 40.6 Å². The lowest BCUT2D eigenvalue weighted by Gasteiger charge is -2.21. The van der Waals surface area contributed by atoms with Crippen LogP contribution in [0, 0.1) is 0 Å². The van der Waals surface area contributed by atoms with E-state index in [0.29, 0.717) is 0 Å². The van der Waals surface area contributed by atoms with E-state index < -0.39 is 0 Å². The lowest BCUT2D eigenvalue weighted by atomic mass is 9.89. The van der Waals surface area contributed by atoms with Gasteiger partial charge in [0, 0.05) is 39.7 Å². The maximum Gasteiger partial charge on any atom is 0.0537 e. The molecule has 3 nitrogen and oxygen atoms in total. The molecule has 0 aliphatic carbocycles. The Morgan fingerprint density at radius 3 is 2.69 bits per heavy atom. The van der Waals surface area contributed by atoms with E-state index in [0.717, 1.165) is 38.0 Å². The molecule has 0 fully saturated rings. The second-order valence-electron chi connectivity index (χ2n) is 6.67. The molecule has 2 heterocycles. The van der Waals surface area contributed by atoms with Crippen LogP contribution >= 0.6 is 34.9 Å². The lowest BCUT2D eigenvalue weighted by molar-refractivity contribution is 0.215. The summed E-state index contributed by atoms with van der Waals surface area (Å²) in [6, 6.07) is 12.2. The van der Waals surface area contributed by atoms with Crippen molar-refractivity contribution < 1.29 is 5.11 Å². The van der Waals surface area contributed by atoms with Gasteiger partial charge in [-0.05, 0) is 46.8 Å². The summed E-state index contributed by atoms with van der Waals surface area (Å²) < 4.78 is 3.19. The van der Waals surface area contributed by atoms with E-state index in [-0.39, 0.29) is 12.0 Å². The third-order valence-electron chi connectivity index (χ3n) is 4.23. The predicted molar refractivity (Wildman–Crippen MR) is 115 cm³/mol. The van der Waals surface area contributed by atoms with Crippen LogP contribution < -0.4 is 4.72 Å². The molecule has 6 heteroatoms. The van der Waals surface area contributed by atoms with Crippen LogP contribution in [0.3, 0.4) is 0 Å². The molecule has 2 N–H and O–H groups in total. The third kappa shape index (κ3) is 4.07. The van der Waals surface area contributed by atoms with Crippen LogP contribution in [0.25, 0.3) is 21.6 Å². The van der Waals surface area contributed by atoms with Gasteiger partial charge in [0.15, 0.2) is 0 Å². The highest BCUT2D eigenvalue weighted by molar-refractivity contribution is 7.99. The van der Waals surface area contributed by atoms with Gasteiger partial charge in [0.1, 0.15) is 0 Å². The summed E-state index contributed by atoms with van der Waals surface area (Å²) in [5.41, 5.74) is 4.74. The van der Waals surface area contributed by atoms with Gasteiger partial charge in [0.25, 0.3) is 0 Å². The zero-order chi connectivity index (χ0) is 18.7. The van der Waals surface area contributed by atoms with E-state index in [9.17, 15) is 5.11 Å². The van der Waals surface area contributed by atoms with E-state index in [4.69, 9.17) is 11.6 Å². The van der Waals surface area contributed by atoms with Crippen LogP contribution in [-0.4, -0.2) is 23.0 Å². The first-order chi connectivity index (χ1) is 12.4. The minimum Gasteiger partial charge on any atom is -0.395 e. The van der Waals surface area contributed by atoms with Crippen LogP contribution in [0.2, 0.25) is 5.02 Å². The van der Waals surface area contributed by atoms with E-state index in [1.165, 1.54) is 0 Å². The number of halogens is 1. The first-order valence-corrected chi connectivity index (χ1v) is 10.7. The number of anilines is 1. The molecule has 0 aliphatic heterocycles. The number of aliphatic hydroxyl groups excluding tert-OH is 1. The van der Waals surface area contributed by atoms with E-state index in [2.05, 4.69) is 27.2 Å². The summed E-state index contributed by atoms with van der Waals surface area (Å²) >= 11 is 9.70. The maximum atomic E-state index is 9.59. The molecule has 26 heavy (non-hydrogen) atoms. The molecule has 3 rings (SSSR count). The number of pyridine rings is 1. The average molecular weight is 405 g/mol. The zero-order valence-corrected chi connectivity index (χ0v) is 17.3. The van der Waals surface area contributed by atoms with Crippen molar-refractivity contribution in [1.29, 1.82) is 0 Å². The molecule has 0 saturated carbocycles. The monoisotopic (exact) mass is 404 g/mol. The minimum atomic E-state index is -0.362. The number of thiophene rings is 1. The van der Waals surface area contributed by atoms with Gasteiger partial charge in [0.05, 0.1) is 11.6 Å². The van der Waals surface area contributed by atoms with Crippen LogP contribution in [0.15, 0.2) is 48.0 Å². The average Bonchev–Trinajstić information content (AvgIpc) is 3.12. The molecule has 0 saturated heterocycles. The van der Waals surface area contributed by atoms with E-state index in [1.807, 2.05) is 44.4 Å². The Morgan fingerprint density at radius 1 is 1.19 bits per heavy atom. The molecule has 0 bridgehead atoms. The topological polar surface area (TPSA) is 45.2 Å². The lowest BCUT2D eigenvalue weighted by Crippen LogP contribution is -2.23. The Labute approximate surface area is 167 Å². The van der Waals surface area contributed by atoms with Gasteiger partial charge in [-0.1, -0.05) is 43.5 Å². The summed E-state index contributed by atoms with van der Waals surface area (Å²) in [5, 5.41) is 12.4. The van der Waals surface area contributed by atoms with Crippen LogP contribution in [-0.2, 0) is 5.41 Å². The number of rotatable bonds is 6. The quantitative estimate of drug-likeness (QED) is 0.488. The molecule has 0 amide bonds. The highest BCUT2D eigenvalue weighted by Gasteiger charge is 2.21. The van der Waals surface area contributed by atoms with E-state index >= 15 is 0 Å². The number of hydrogen-bond acceptors (Lipinski definition) is 5. The number of hydrogen-bond donors (Lipinski definition) is 2. The molecule has 0 radical (unpaired) electrons. The van der Waals surface area contributed by atoms with Crippen molar-refractivity contribution in [3.63, 3.8) is 0 Å². The summed E-state index contributed by atoms with van der Waals surface area (Å²) in [6.07, 6.45) is 3.78. The molecular weight excluding hydrogens is 384 g/mol. The van der Waals surface area contributed by atoms with Crippen molar-refractivity contribution in [2.75, 3.05) is 17.6 Å². The maximum absolute atomic E-state index is 9.59. The van der Waals surface area contributed by atoms with Crippen LogP contribution in [0.4, 0.5) is 5.69 Å². The fraction of sp³-hybridized carbons (Fsp3) is 0.250. The number of benzene rings is 1. The first kappa shape index (κ1) is 19.2. The summed E-state index contributed by atoms with van der Waals surface area (Å²) in [4.78, 5) is 5.58. The van der Waals surface area contributed by atoms with Gasteiger partial charge < -0.3 is 9.83 Å². The number of aromatic nitrogens is 1. The fourth-order valence-electron chi connectivity index (χ4n) is 2.59. The smallest absolute Gasteiger partial charge is 0.0537 e. The van der Waals surface area contributed by atoms with Crippen LogP contribution in [0.1, 0.15) is 19.5 Å². The van der Waals surface area contributed by atoms with Gasteiger partial charge in [-0.2, -0.15) is 0 Å². The minimum absolute atomic E-state index is 0.0607. The normalized spacial score (nSPS) is 11.6. The fourth-order valence-corrected chi connectivity index (χ4v) is 4.15. The molecule has 2 aromatic heterocycles. The standard InChI is InChI=1S/C20H21ClN2OS2/c1-20(2,12-24)19-9-13(6-7-22-19)18-8-14(11-26-18)16-5-4-15(23-25-3)10-17(16)21/h4-11,23-24H,12H2,1-3H3. The number of nitrogens with one attached hydrogen (secondary N) is 1. The van der Waals surface area contributed by atoms with Crippen molar-refractivity contribution in [3.8, 4) is 21.6 Å². The van der Waals surface area contributed by atoms with E-state index in [1.54, 1.807) is 29.5 Å². The van der Waals surface area contributed by atoms with Gasteiger partial charge >= 0.3 is 0 Å². The Balaban J connectivity index is 1.93. The Bertz CT molecular complexity index is 908. The van der Waals surface area contributed by atoms with Gasteiger partial charge in [0.2, 0.25) is 0 Å². The van der Waals surface area contributed by atoms with Gasteiger partial charge in [-0.25, -0.2) is 0 Å². The first-order valence-electron chi connectivity index (χ1n) is 8.20. The summed E-state index contributed by atoms with van der Waals surface area (Å²) in [7, 11) is 0. The molecule has 0 aliphatic rings. The van der Waals surface area contributed by atoms with Crippen molar-refractivity contribution in [3.05, 3.63) is 58.7 Å². The van der Waals surface area contributed by atoms with Gasteiger partial charge in [-0.15, -0.1) is 11.3 Å². The Kier molecular flexibility index (Phi) is 5.92. The predicted octanol–water partition coefficient (Wildman–Crippen LogP) is 6.09. The molecule has 0 unspecified atom stereocenters. The molecular formula is C20H21ClN2OS2. The third-order valence-corrected chi connectivity index (χ3v) is 5.96. The summed E-state index contributed by atoms with van der Waals surface area (Å²) in [6.45, 7) is 4.04. The Morgan fingerprint density at radius 2 is 2.00 bits per heavy atom. The molecule has 3 aromatic rings. The molecule has 1 aromatic carbocycles. The Hall–Kier alpha value is -1.53. The number of aliphatic hydroxyl groups is 1. The summed E-state index contributed by atoms with van der Waals surface area (Å²) in [5.74, 6) is 0.